The van der Waals surface area contributed by atoms with E-state index in [1.807, 2.05) is 30.3 Å². The summed E-state index contributed by atoms with van der Waals surface area (Å²) < 4.78 is 0. The number of fused-ring (bicyclic) bond motifs is 1. The minimum Gasteiger partial charge on any atom is -0.507 e. The summed E-state index contributed by atoms with van der Waals surface area (Å²) in [6, 6.07) is 14.4. The average Bonchev–Trinajstić information content (AvgIpc) is 2.52. The molecular formula is C15H11ClN4O. The van der Waals surface area contributed by atoms with Crippen LogP contribution < -0.4 is 5.43 Å². The van der Waals surface area contributed by atoms with Gasteiger partial charge in [0.15, 0.2) is 11.0 Å². The van der Waals surface area contributed by atoms with Gasteiger partial charge in [-0.2, -0.15) is 5.10 Å². The zero-order chi connectivity index (χ0) is 14.7. The fraction of sp³-hybridized carbons (Fsp3) is 0. The molecular weight excluding hydrogens is 288 g/mol. The molecule has 0 atom stereocenters. The van der Waals surface area contributed by atoms with Crippen LogP contribution in [-0.2, 0) is 0 Å². The van der Waals surface area contributed by atoms with Gasteiger partial charge in [-0.3, -0.25) is 5.43 Å². The van der Waals surface area contributed by atoms with Crippen molar-refractivity contribution in [2.24, 2.45) is 5.10 Å². The molecule has 2 aromatic carbocycles. The maximum atomic E-state index is 9.65. The third kappa shape index (κ3) is 2.78. The summed E-state index contributed by atoms with van der Waals surface area (Å²) in [7, 11) is 0. The number of hydrogen-bond acceptors (Lipinski definition) is 5. The third-order valence-electron chi connectivity index (χ3n) is 2.95. The summed E-state index contributed by atoms with van der Waals surface area (Å²) in [4.78, 5) is 0. The lowest BCUT2D eigenvalue weighted by Crippen LogP contribution is -1.97. The maximum absolute atomic E-state index is 9.65. The SMILES string of the molecule is Oc1ccccc1/C=N/Nc1nnc(Cl)c2ccccc12. The number of aromatic nitrogens is 2. The van der Waals surface area contributed by atoms with E-state index in [1.165, 1.54) is 6.21 Å². The first-order chi connectivity index (χ1) is 10.3. The number of halogens is 1. The van der Waals surface area contributed by atoms with Gasteiger partial charge in [0, 0.05) is 16.3 Å². The Bertz CT molecular complexity index is 820. The molecule has 104 valence electrons. The van der Waals surface area contributed by atoms with Gasteiger partial charge in [0.05, 0.1) is 6.21 Å². The fourth-order valence-corrected chi connectivity index (χ4v) is 2.12. The van der Waals surface area contributed by atoms with Crippen LogP contribution in [0.2, 0.25) is 5.15 Å². The first-order valence-electron chi connectivity index (χ1n) is 6.23. The summed E-state index contributed by atoms with van der Waals surface area (Å²) in [5, 5.41) is 23.6. The Hall–Kier alpha value is -2.66. The number of phenols is 1. The number of benzene rings is 2. The molecule has 2 N–H and O–H groups in total. The molecule has 0 radical (unpaired) electrons. The molecule has 0 spiro atoms. The number of para-hydroxylation sites is 1. The van der Waals surface area contributed by atoms with Crippen molar-refractivity contribution in [2.45, 2.75) is 0 Å². The molecule has 21 heavy (non-hydrogen) atoms. The number of aromatic hydroxyl groups is 1. The van der Waals surface area contributed by atoms with Crippen molar-refractivity contribution < 1.29 is 5.11 Å². The van der Waals surface area contributed by atoms with Gasteiger partial charge in [-0.15, -0.1) is 10.2 Å². The lowest BCUT2D eigenvalue weighted by Gasteiger charge is -2.04. The maximum Gasteiger partial charge on any atom is 0.176 e. The summed E-state index contributed by atoms with van der Waals surface area (Å²) in [5.74, 6) is 0.664. The van der Waals surface area contributed by atoms with Crippen LogP contribution >= 0.6 is 11.6 Å². The second-order valence-corrected chi connectivity index (χ2v) is 4.67. The van der Waals surface area contributed by atoms with E-state index >= 15 is 0 Å². The molecule has 6 heteroatoms. The van der Waals surface area contributed by atoms with E-state index in [0.717, 1.165) is 10.8 Å². The summed E-state index contributed by atoms with van der Waals surface area (Å²) in [6.45, 7) is 0. The van der Waals surface area contributed by atoms with Crippen molar-refractivity contribution in [3.8, 4) is 5.75 Å². The van der Waals surface area contributed by atoms with Crippen molar-refractivity contribution in [3.63, 3.8) is 0 Å². The average molecular weight is 299 g/mol. The predicted molar refractivity (Wildman–Crippen MR) is 83.9 cm³/mol. The number of nitrogens with zero attached hydrogens (tertiary/aromatic N) is 3. The number of hydrazone groups is 1. The van der Waals surface area contributed by atoms with E-state index in [4.69, 9.17) is 11.6 Å². The molecule has 0 amide bonds. The molecule has 3 rings (SSSR count). The fourth-order valence-electron chi connectivity index (χ4n) is 1.91. The van der Waals surface area contributed by atoms with Crippen LogP contribution in [0.15, 0.2) is 53.6 Å². The number of nitrogens with one attached hydrogen (secondary N) is 1. The second kappa shape index (κ2) is 5.76. The minimum absolute atomic E-state index is 0.162. The molecule has 1 heterocycles. The smallest absolute Gasteiger partial charge is 0.176 e. The van der Waals surface area contributed by atoms with E-state index in [2.05, 4.69) is 20.7 Å². The van der Waals surface area contributed by atoms with Crippen LogP contribution in [0, 0.1) is 0 Å². The van der Waals surface area contributed by atoms with Crippen LogP contribution in [0.1, 0.15) is 5.56 Å². The Morgan fingerprint density at radius 2 is 1.71 bits per heavy atom. The van der Waals surface area contributed by atoms with E-state index in [1.54, 1.807) is 18.2 Å². The van der Waals surface area contributed by atoms with E-state index in [-0.39, 0.29) is 5.75 Å². The molecule has 0 aliphatic rings. The molecule has 0 aliphatic heterocycles. The Balaban J connectivity index is 1.89. The largest absolute Gasteiger partial charge is 0.507 e. The highest BCUT2D eigenvalue weighted by Gasteiger charge is 2.06. The van der Waals surface area contributed by atoms with E-state index in [9.17, 15) is 5.11 Å². The molecule has 0 fully saturated rings. The number of phenolic OH excluding ortho intramolecular Hbond substituents is 1. The molecule has 0 unspecified atom stereocenters. The Morgan fingerprint density at radius 1 is 1.00 bits per heavy atom. The monoisotopic (exact) mass is 298 g/mol. The Morgan fingerprint density at radius 3 is 2.52 bits per heavy atom. The highest BCUT2D eigenvalue weighted by Crippen LogP contribution is 2.25. The normalized spacial score (nSPS) is 11.1. The molecule has 5 nitrogen and oxygen atoms in total. The van der Waals surface area contributed by atoms with Gasteiger partial charge in [-0.1, -0.05) is 48.0 Å². The number of rotatable bonds is 3. The van der Waals surface area contributed by atoms with Crippen LogP contribution in [0.5, 0.6) is 5.75 Å². The van der Waals surface area contributed by atoms with Crippen LogP contribution in [-0.4, -0.2) is 21.5 Å². The highest BCUT2D eigenvalue weighted by atomic mass is 35.5. The second-order valence-electron chi connectivity index (χ2n) is 4.31. The molecule has 0 saturated carbocycles. The van der Waals surface area contributed by atoms with Gasteiger partial charge in [0.1, 0.15) is 5.75 Å². The quantitative estimate of drug-likeness (QED) is 0.574. The lowest BCUT2D eigenvalue weighted by molar-refractivity contribution is 0.474. The van der Waals surface area contributed by atoms with E-state index in [0.29, 0.717) is 16.5 Å². The van der Waals surface area contributed by atoms with Crippen LogP contribution in [0.4, 0.5) is 5.82 Å². The zero-order valence-electron chi connectivity index (χ0n) is 10.9. The van der Waals surface area contributed by atoms with Gasteiger partial charge in [-0.05, 0) is 12.1 Å². The number of anilines is 1. The highest BCUT2D eigenvalue weighted by molar-refractivity contribution is 6.34. The van der Waals surface area contributed by atoms with Crippen molar-refractivity contribution in [1.29, 1.82) is 0 Å². The Kier molecular flexibility index (Phi) is 3.66. The summed E-state index contributed by atoms with van der Waals surface area (Å²) >= 11 is 6.01. The van der Waals surface area contributed by atoms with Gasteiger partial charge in [-0.25, -0.2) is 0 Å². The van der Waals surface area contributed by atoms with Gasteiger partial charge in [0.2, 0.25) is 0 Å². The molecule has 0 aliphatic carbocycles. The first kappa shape index (κ1) is 13.3. The minimum atomic E-state index is 0.162. The standard InChI is InChI=1S/C15H11ClN4O/c16-14-11-6-2-3-7-12(11)15(20-18-14)19-17-9-10-5-1-4-8-13(10)21/h1-9,21H,(H,19,20)/b17-9+. The van der Waals surface area contributed by atoms with Crippen LogP contribution in [0.25, 0.3) is 10.8 Å². The third-order valence-corrected chi connectivity index (χ3v) is 3.23. The van der Waals surface area contributed by atoms with Crippen molar-refractivity contribution in [1.82, 2.24) is 10.2 Å². The number of hydrogen-bond donors (Lipinski definition) is 2. The van der Waals surface area contributed by atoms with Crippen molar-refractivity contribution in [3.05, 3.63) is 59.2 Å². The molecule has 3 aromatic rings. The zero-order valence-corrected chi connectivity index (χ0v) is 11.6. The molecule has 0 saturated heterocycles. The van der Waals surface area contributed by atoms with Crippen molar-refractivity contribution >= 4 is 34.4 Å². The summed E-state index contributed by atoms with van der Waals surface area (Å²) in [5.41, 5.74) is 3.42. The predicted octanol–water partition coefficient (Wildman–Crippen LogP) is 3.43. The van der Waals surface area contributed by atoms with Crippen LogP contribution in [0.3, 0.4) is 0 Å². The van der Waals surface area contributed by atoms with Crippen molar-refractivity contribution in [2.75, 3.05) is 5.43 Å². The molecule has 0 bridgehead atoms. The Labute approximate surface area is 125 Å². The van der Waals surface area contributed by atoms with Gasteiger partial charge < -0.3 is 5.11 Å². The molecule has 1 aromatic heterocycles. The summed E-state index contributed by atoms with van der Waals surface area (Å²) in [6.07, 6.45) is 1.51. The lowest BCUT2D eigenvalue weighted by atomic mass is 10.2. The first-order valence-corrected chi connectivity index (χ1v) is 6.61. The van der Waals surface area contributed by atoms with Gasteiger partial charge in [0.25, 0.3) is 0 Å². The topological polar surface area (TPSA) is 70.4 Å². The van der Waals surface area contributed by atoms with E-state index < -0.39 is 0 Å². The van der Waals surface area contributed by atoms with Gasteiger partial charge >= 0.3 is 0 Å².